The first-order valence-corrected chi connectivity index (χ1v) is 9.71. The number of ether oxygens (including phenoxy) is 1. The molecule has 0 bridgehead atoms. The lowest BCUT2D eigenvalue weighted by atomic mass is 9.72. The molecule has 9 nitrogen and oxygen atoms in total. The van der Waals surface area contributed by atoms with Gasteiger partial charge in [0, 0.05) is 5.69 Å². The van der Waals surface area contributed by atoms with Gasteiger partial charge in [-0.1, -0.05) is 13.8 Å². The van der Waals surface area contributed by atoms with Gasteiger partial charge in [-0.2, -0.15) is 0 Å². The summed E-state index contributed by atoms with van der Waals surface area (Å²) in [6.45, 7) is 3.68. The average molecular weight is 426 g/mol. The lowest BCUT2D eigenvalue weighted by Gasteiger charge is -2.53. The minimum Gasteiger partial charge on any atom is -0.478 e. The van der Waals surface area contributed by atoms with Gasteiger partial charge in [0.2, 0.25) is 5.91 Å². The number of nitrogens with one attached hydrogen (secondary N) is 1. The number of anilines is 1. The van der Waals surface area contributed by atoms with Crippen LogP contribution in [0.5, 0.6) is 5.75 Å². The number of hydrogen-bond acceptors (Lipinski definition) is 5. The van der Waals surface area contributed by atoms with Crippen LogP contribution in [0.1, 0.15) is 47.4 Å². The van der Waals surface area contributed by atoms with Crippen molar-refractivity contribution in [2.24, 2.45) is 5.41 Å². The van der Waals surface area contributed by atoms with E-state index in [1.807, 2.05) is 13.8 Å². The third-order valence-electron chi connectivity index (χ3n) is 5.56. The molecule has 1 heterocycles. The molecule has 3 rings (SSSR count). The SMILES string of the molecule is CCC1(CC)C(=O)N(C(=O)Nc2ccc(C(=O)O)cc2)C1Oc1ccc(C(=O)O)cc1. The minimum atomic E-state index is -1.09. The number of carbonyl (C=O) groups is 4. The van der Waals surface area contributed by atoms with Crippen molar-refractivity contribution in [3.63, 3.8) is 0 Å². The number of nitrogens with zero attached hydrogens (tertiary/aromatic N) is 1. The van der Waals surface area contributed by atoms with Crippen LogP contribution in [-0.2, 0) is 4.79 Å². The monoisotopic (exact) mass is 426 g/mol. The second-order valence-corrected chi connectivity index (χ2v) is 7.15. The lowest BCUT2D eigenvalue weighted by Crippen LogP contribution is -2.73. The second kappa shape index (κ2) is 8.47. The molecular formula is C22H22N2O7. The summed E-state index contributed by atoms with van der Waals surface area (Å²) >= 11 is 0. The van der Waals surface area contributed by atoms with Crippen molar-refractivity contribution in [1.82, 2.24) is 4.90 Å². The third kappa shape index (κ3) is 3.94. The van der Waals surface area contributed by atoms with Crippen LogP contribution in [0.4, 0.5) is 10.5 Å². The van der Waals surface area contributed by atoms with Gasteiger partial charge in [-0.15, -0.1) is 0 Å². The molecule has 1 fully saturated rings. The van der Waals surface area contributed by atoms with Crippen LogP contribution in [0, 0.1) is 5.41 Å². The summed E-state index contributed by atoms with van der Waals surface area (Å²) in [6, 6.07) is 10.6. The predicted octanol–water partition coefficient (Wildman–Crippen LogP) is 3.67. The van der Waals surface area contributed by atoms with Crippen molar-refractivity contribution in [2.45, 2.75) is 32.9 Å². The minimum absolute atomic E-state index is 0.0695. The third-order valence-corrected chi connectivity index (χ3v) is 5.56. The number of hydrogen-bond donors (Lipinski definition) is 3. The summed E-state index contributed by atoms with van der Waals surface area (Å²) < 4.78 is 5.95. The average Bonchev–Trinajstić information content (AvgIpc) is 2.75. The zero-order valence-electron chi connectivity index (χ0n) is 17.0. The topological polar surface area (TPSA) is 133 Å². The Balaban J connectivity index is 1.81. The first-order valence-electron chi connectivity index (χ1n) is 9.71. The van der Waals surface area contributed by atoms with Crippen LogP contribution in [-0.4, -0.2) is 45.2 Å². The summed E-state index contributed by atoms with van der Waals surface area (Å²) in [5, 5.41) is 20.6. The number of carboxylic acid groups (broad SMARTS) is 2. The van der Waals surface area contributed by atoms with E-state index < -0.39 is 29.6 Å². The number of imide groups is 1. The number of carbonyl (C=O) groups excluding carboxylic acids is 2. The van der Waals surface area contributed by atoms with Crippen molar-refractivity contribution in [3.05, 3.63) is 59.7 Å². The Morgan fingerprint density at radius 1 is 0.935 bits per heavy atom. The molecule has 0 radical (unpaired) electrons. The fraction of sp³-hybridized carbons (Fsp3) is 0.273. The van der Waals surface area contributed by atoms with Gasteiger partial charge < -0.3 is 20.3 Å². The van der Waals surface area contributed by atoms with E-state index in [4.69, 9.17) is 14.9 Å². The van der Waals surface area contributed by atoms with Gasteiger partial charge in [0.25, 0.3) is 0 Å². The maximum atomic E-state index is 12.9. The quantitative estimate of drug-likeness (QED) is 0.575. The Kier molecular flexibility index (Phi) is 5.96. The van der Waals surface area contributed by atoms with Gasteiger partial charge >= 0.3 is 18.0 Å². The summed E-state index contributed by atoms with van der Waals surface area (Å²) in [7, 11) is 0. The highest BCUT2D eigenvalue weighted by atomic mass is 16.5. The van der Waals surface area contributed by atoms with E-state index in [1.54, 1.807) is 0 Å². The molecule has 0 spiro atoms. The highest BCUT2D eigenvalue weighted by Gasteiger charge is 2.62. The molecule has 1 aliphatic rings. The van der Waals surface area contributed by atoms with Crippen LogP contribution in [0.25, 0.3) is 0 Å². The maximum Gasteiger partial charge on any atom is 0.335 e. The van der Waals surface area contributed by atoms with Crippen LogP contribution in [0.2, 0.25) is 0 Å². The number of urea groups is 1. The van der Waals surface area contributed by atoms with E-state index in [-0.39, 0.29) is 17.0 Å². The molecule has 162 valence electrons. The first-order chi connectivity index (χ1) is 14.7. The number of carboxylic acids is 2. The summed E-state index contributed by atoms with van der Waals surface area (Å²) in [4.78, 5) is 48.7. The first kappa shape index (κ1) is 21.8. The zero-order chi connectivity index (χ0) is 22.8. The van der Waals surface area contributed by atoms with Gasteiger partial charge in [0.1, 0.15) is 11.2 Å². The molecule has 0 aromatic heterocycles. The predicted molar refractivity (Wildman–Crippen MR) is 110 cm³/mol. The standard InChI is InChI=1S/C22H22N2O7/c1-3-22(4-2)19(29)24(20(22)31-16-11-7-14(8-12-16)18(27)28)21(30)23-15-9-5-13(6-10-15)17(25)26/h5-12,20H,3-4H2,1-2H3,(H,23,30)(H,25,26)(H,27,28). The van der Waals surface area contributed by atoms with Crippen molar-refractivity contribution in [3.8, 4) is 5.75 Å². The number of rotatable bonds is 7. The summed E-state index contributed by atoms with van der Waals surface area (Å²) in [5.41, 5.74) is -0.387. The van der Waals surface area contributed by atoms with Crippen molar-refractivity contribution < 1.29 is 34.1 Å². The summed E-state index contributed by atoms with van der Waals surface area (Å²) in [5.74, 6) is -2.20. The largest absolute Gasteiger partial charge is 0.478 e. The molecule has 3 N–H and O–H groups in total. The molecule has 31 heavy (non-hydrogen) atoms. The van der Waals surface area contributed by atoms with Crippen LogP contribution >= 0.6 is 0 Å². The number of amides is 3. The molecule has 2 aromatic carbocycles. The van der Waals surface area contributed by atoms with Crippen LogP contribution in [0.3, 0.4) is 0 Å². The van der Waals surface area contributed by atoms with E-state index in [0.717, 1.165) is 4.90 Å². The Morgan fingerprint density at radius 3 is 1.87 bits per heavy atom. The molecule has 3 amide bonds. The van der Waals surface area contributed by atoms with Gasteiger partial charge in [-0.3, -0.25) is 4.79 Å². The van der Waals surface area contributed by atoms with Gasteiger partial charge in [-0.05, 0) is 61.4 Å². The maximum absolute atomic E-state index is 12.9. The molecule has 1 aliphatic heterocycles. The number of likely N-dealkylation sites (tertiary alicyclic amines) is 1. The lowest BCUT2D eigenvalue weighted by molar-refractivity contribution is -0.190. The zero-order valence-corrected chi connectivity index (χ0v) is 17.0. The van der Waals surface area contributed by atoms with E-state index >= 15 is 0 Å². The highest BCUT2D eigenvalue weighted by Crippen LogP contribution is 2.46. The molecule has 0 saturated carbocycles. The second-order valence-electron chi connectivity index (χ2n) is 7.15. The number of β-lactam (4-membered cyclic amide) rings is 1. The molecule has 0 aliphatic carbocycles. The normalized spacial score (nSPS) is 16.9. The van der Waals surface area contributed by atoms with E-state index in [1.165, 1.54) is 48.5 Å². The summed E-state index contributed by atoms with van der Waals surface area (Å²) in [6.07, 6.45) is 0.0400. The van der Waals surface area contributed by atoms with E-state index in [9.17, 15) is 19.2 Å². The molecule has 2 aromatic rings. The van der Waals surface area contributed by atoms with Crippen molar-refractivity contribution in [1.29, 1.82) is 0 Å². The molecule has 9 heteroatoms. The van der Waals surface area contributed by atoms with E-state index in [2.05, 4.69) is 5.32 Å². The molecule has 1 atom stereocenters. The van der Waals surface area contributed by atoms with Crippen molar-refractivity contribution >= 4 is 29.6 Å². The highest BCUT2D eigenvalue weighted by molar-refractivity contribution is 6.08. The smallest absolute Gasteiger partial charge is 0.335 e. The fourth-order valence-corrected chi connectivity index (χ4v) is 3.58. The van der Waals surface area contributed by atoms with Gasteiger partial charge in [0.15, 0.2) is 6.23 Å². The Bertz CT molecular complexity index is 1010. The van der Waals surface area contributed by atoms with Crippen LogP contribution < -0.4 is 10.1 Å². The van der Waals surface area contributed by atoms with Crippen LogP contribution in [0.15, 0.2) is 48.5 Å². The Morgan fingerprint density at radius 2 is 1.42 bits per heavy atom. The van der Waals surface area contributed by atoms with Crippen molar-refractivity contribution in [2.75, 3.05) is 5.32 Å². The molecular weight excluding hydrogens is 404 g/mol. The van der Waals surface area contributed by atoms with Gasteiger partial charge in [0.05, 0.1) is 11.1 Å². The number of benzene rings is 2. The number of aromatic carboxylic acids is 2. The fourth-order valence-electron chi connectivity index (χ4n) is 3.58. The Hall–Kier alpha value is -3.88. The molecule has 1 unspecified atom stereocenters. The van der Waals surface area contributed by atoms with Gasteiger partial charge in [-0.25, -0.2) is 19.3 Å². The van der Waals surface area contributed by atoms with E-state index in [0.29, 0.717) is 24.3 Å². The Labute approximate surface area is 178 Å². The molecule has 1 saturated heterocycles.